The highest BCUT2D eigenvalue weighted by molar-refractivity contribution is 6.10. The van der Waals surface area contributed by atoms with Gasteiger partial charge in [0, 0.05) is 28.7 Å². The lowest BCUT2D eigenvalue weighted by molar-refractivity contribution is 0.595. The van der Waals surface area contributed by atoms with Gasteiger partial charge in [0.25, 0.3) is 0 Å². The van der Waals surface area contributed by atoms with Crippen LogP contribution >= 0.6 is 0 Å². The topological polar surface area (TPSA) is 4.93 Å². The second-order valence-corrected chi connectivity index (χ2v) is 12.7. The SMILES string of the molecule is Fc1ccc(F)c(-n2c3ccc(C4c5ccccc5-c5ccccc54)cc3c3cc(C4c5ccccc5-c5ccccc54)ccc32)c1. The molecule has 0 aliphatic heterocycles. The Morgan fingerprint density at radius 3 is 1.23 bits per heavy atom. The summed E-state index contributed by atoms with van der Waals surface area (Å²) in [5.41, 5.74) is 14.4. The van der Waals surface area contributed by atoms with Gasteiger partial charge in [0.05, 0.1) is 16.7 Å². The summed E-state index contributed by atoms with van der Waals surface area (Å²) in [6, 6.07) is 51.3. The average molecular weight is 608 g/mol. The number of halogens is 2. The summed E-state index contributed by atoms with van der Waals surface area (Å²) in [7, 11) is 0. The molecule has 0 unspecified atom stereocenters. The number of hydrogen-bond donors (Lipinski definition) is 0. The first-order valence-electron chi connectivity index (χ1n) is 16.1. The molecule has 3 heteroatoms. The minimum atomic E-state index is -0.469. The van der Waals surface area contributed by atoms with Crippen molar-refractivity contribution in [2.75, 3.05) is 0 Å². The lowest BCUT2D eigenvalue weighted by Gasteiger charge is -2.15. The molecule has 0 N–H and O–H groups in total. The molecule has 2 aliphatic carbocycles. The fraction of sp³-hybridized carbons (Fsp3) is 0.0455. The Kier molecular flexibility index (Phi) is 5.54. The summed E-state index contributed by atoms with van der Waals surface area (Å²) >= 11 is 0. The number of aromatic nitrogens is 1. The predicted molar refractivity (Wildman–Crippen MR) is 186 cm³/mol. The van der Waals surface area contributed by atoms with E-state index in [1.54, 1.807) is 0 Å². The minimum Gasteiger partial charge on any atom is -0.306 e. The van der Waals surface area contributed by atoms with Crippen molar-refractivity contribution in [1.29, 1.82) is 0 Å². The maximum absolute atomic E-state index is 15.5. The number of fused-ring (bicyclic) bond motifs is 9. The van der Waals surface area contributed by atoms with E-state index in [2.05, 4.69) is 133 Å². The van der Waals surface area contributed by atoms with E-state index in [1.807, 2.05) is 4.57 Å². The van der Waals surface area contributed by atoms with Gasteiger partial charge < -0.3 is 4.57 Å². The maximum Gasteiger partial charge on any atom is 0.147 e. The van der Waals surface area contributed by atoms with Crippen LogP contribution in [-0.2, 0) is 0 Å². The molecule has 0 atom stereocenters. The van der Waals surface area contributed by atoms with E-state index in [9.17, 15) is 4.39 Å². The van der Waals surface area contributed by atoms with Gasteiger partial charge in [0.2, 0.25) is 0 Å². The lowest BCUT2D eigenvalue weighted by Crippen LogP contribution is -2.01. The highest BCUT2D eigenvalue weighted by atomic mass is 19.1. The van der Waals surface area contributed by atoms with Gasteiger partial charge in [0.15, 0.2) is 0 Å². The first-order chi connectivity index (χ1) is 23.2. The zero-order valence-electron chi connectivity index (χ0n) is 25.3. The van der Waals surface area contributed by atoms with Crippen LogP contribution in [0, 0.1) is 11.6 Å². The third-order valence-electron chi connectivity index (χ3n) is 10.3. The quantitative estimate of drug-likeness (QED) is 0.188. The van der Waals surface area contributed by atoms with E-state index in [0.717, 1.165) is 21.8 Å². The molecule has 0 saturated heterocycles. The fourth-order valence-electron chi connectivity index (χ4n) is 8.36. The Bertz CT molecular complexity index is 2330. The lowest BCUT2D eigenvalue weighted by atomic mass is 9.87. The largest absolute Gasteiger partial charge is 0.306 e. The normalized spacial score (nSPS) is 13.6. The second-order valence-electron chi connectivity index (χ2n) is 12.7. The third-order valence-corrected chi connectivity index (χ3v) is 10.3. The first kappa shape index (κ1) is 26.4. The van der Waals surface area contributed by atoms with Crippen LogP contribution in [0.3, 0.4) is 0 Å². The van der Waals surface area contributed by atoms with Crippen molar-refractivity contribution in [2.24, 2.45) is 0 Å². The molecular weight excluding hydrogens is 580 g/mol. The van der Waals surface area contributed by atoms with Crippen LogP contribution in [-0.4, -0.2) is 4.57 Å². The summed E-state index contributed by atoms with van der Waals surface area (Å²) in [6.07, 6.45) is 0. The molecule has 0 bridgehead atoms. The maximum atomic E-state index is 15.5. The monoisotopic (exact) mass is 607 g/mol. The zero-order chi connectivity index (χ0) is 31.2. The molecule has 8 aromatic rings. The number of benzene rings is 7. The number of rotatable bonds is 3. The van der Waals surface area contributed by atoms with Gasteiger partial charge in [-0.15, -0.1) is 0 Å². The fourth-order valence-corrected chi connectivity index (χ4v) is 8.36. The van der Waals surface area contributed by atoms with Crippen LogP contribution in [0.2, 0.25) is 0 Å². The van der Waals surface area contributed by atoms with E-state index in [4.69, 9.17) is 0 Å². The van der Waals surface area contributed by atoms with Gasteiger partial charge in [-0.05, 0) is 92.0 Å². The Balaban J connectivity index is 1.25. The van der Waals surface area contributed by atoms with Crippen LogP contribution in [0.25, 0.3) is 49.7 Å². The molecule has 10 rings (SSSR count). The molecule has 2 aliphatic rings. The van der Waals surface area contributed by atoms with Crippen LogP contribution in [0.4, 0.5) is 8.78 Å². The Morgan fingerprint density at radius 2 is 0.809 bits per heavy atom. The molecule has 222 valence electrons. The molecule has 0 spiro atoms. The highest BCUT2D eigenvalue weighted by Gasteiger charge is 2.32. The standard InChI is InChI=1S/C44H27F2N/c45-28-19-20-39(46)42(25-28)47-40-21-17-26(43-33-13-5-1-9-29(33)30-10-2-6-14-34(30)43)23-37(40)38-24-27(18-22-41(38)47)44-35-15-7-3-11-31(35)32-12-4-8-16-36(32)44/h1-25,43-44H. The van der Waals surface area contributed by atoms with Crippen molar-refractivity contribution in [2.45, 2.75) is 11.8 Å². The average Bonchev–Trinajstić information content (AvgIpc) is 3.74. The summed E-state index contributed by atoms with van der Waals surface area (Å²) in [4.78, 5) is 0. The minimum absolute atomic E-state index is 0.0767. The van der Waals surface area contributed by atoms with Gasteiger partial charge in [-0.2, -0.15) is 0 Å². The van der Waals surface area contributed by atoms with Crippen LogP contribution in [0.5, 0.6) is 0 Å². The first-order valence-corrected chi connectivity index (χ1v) is 16.1. The summed E-state index contributed by atoms with van der Waals surface area (Å²) < 4.78 is 32.1. The number of nitrogens with zero attached hydrogens (tertiary/aromatic N) is 1. The molecule has 47 heavy (non-hydrogen) atoms. The van der Waals surface area contributed by atoms with Crippen molar-refractivity contribution in [3.05, 3.63) is 197 Å². The van der Waals surface area contributed by atoms with E-state index in [-0.39, 0.29) is 17.5 Å². The van der Waals surface area contributed by atoms with Crippen LogP contribution < -0.4 is 0 Å². The highest BCUT2D eigenvalue weighted by Crippen LogP contribution is 2.50. The molecule has 0 amide bonds. The van der Waals surface area contributed by atoms with Crippen molar-refractivity contribution in [1.82, 2.24) is 4.57 Å². The van der Waals surface area contributed by atoms with Gasteiger partial charge in [-0.25, -0.2) is 8.78 Å². The molecule has 1 nitrogen and oxygen atoms in total. The van der Waals surface area contributed by atoms with Gasteiger partial charge >= 0.3 is 0 Å². The van der Waals surface area contributed by atoms with Crippen LogP contribution in [0.15, 0.2) is 152 Å². The van der Waals surface area contributed by atoms with Crippen molar-refractivity contribution in [3.63, 3.8) is 0 Å². The second kappa shape index (κ2) is 9.85. The summed E-state index contributed by atoms with van der Waals surface area (Å²) in [5, 5.41) is 2.04. The van der Waals surface area contributed by atoms with Crippen molar-refractivity contribution < 1.29 is 8.78 Å². The Morgan fingerprint density at radius 1 is 0.404 bits per heavy atom. The molecule has 1 aromatic heterocycles. The zero-order valence-corrected chi connectivity index (χ0v) is 25.3. The molecule has 7 aromatic carbocycles. The van der Waals surface area contributed by atoms with Crippen molar-refractivity contribution >= 4 is 21.8 Å². The van der Waals surface area contributed by atoms with E-state index in [1.165, 1.54) is 73.8 Å². The van der Waals surface area contributed by atoms with Gasteiger partial charge in [0.1, 0.15) is 11.6 Å². The Labute approximate surface area is 271 Å². The predicted octanol–water partition coefficient (Wildman–Crippen LogP) is 11.4. The molecule has 0 fully saturated rings. The molecule has 1 heterocycles. The van der Waals surface area contributed by atoms with Gasteiger partial charge in [-0.1, -0.05) is 109 Å². The van der Waals surface area contributed by atoms with Gasteiger partial charge in [-0.3, -0.25) is 0 Å². The van der Waals surface area contributed by atoms with E-state index in [0.29, 0.717) is 0 Å². The van der Waals surface area contributed by atoms with Crippen molar-refractivity contribution in [3.8, 4) is 27.9 Å². The third kappa shape index (κ3) is 3.74. The molecule has 0 radical (unpaired) electrons. The smallest absolute Gasteiger partial charge is 0.147 e. The molecule has 0 saturated carbocycles. The van der Waals surface area contributed by atoms with E-state index < -0.39 is 11.6 Å². The molecular formula is C44H27F2N. The summed E-state index contributed by atoms with van der Waals surface area (Å²) in [6.45, 7) is 0. The number of hydrogen-bond acceptors (Lipinski definition) is 0. The van der Waals surface area contributed by atoms with E-state index >= 15 is 4.39 Å². The van der Waals surface area contributed by atoms with Crippen LogP contribution in [0.1, 0.15) is 45.2 Å². The Hall–Kier alpha value is -5.80. The summed E-state index contributed by atoms with van der Waals surface area (Å²) in [5.74, 6) is -0.778.